The van der Waals surface area contributed by atoms with Gasteiger partial charge in [0.1, 0.15) is 11.9 Å². The first kappa shape index (κ1) is 27.6. The molecule has 1 aromatic heterocycles. The summed E-state index contributed by atoms with van der Waals surface area (Å²) in [5.74, 6) is 0.652. The van der Waals surface area contributed by atoms with E-state index in [1.54, 1.807) is 11.2 Å². The Kier molecular flexibility index (Phi) is 8.69. The van der Waals surface area contributed by atoms with Crippen molar-refractivity contribution in [2.45, 2.75) is 39.2 Å². The van der Waals surface area contributed by atoms with Crippen LogP contribution in [0.3, 0.4) is 0 Å². The molecule has 34 heavy (non-hydrogen) atoms. The van der Waals surface area contributed by atoms with E-state index in [1.165, 1.54) is 24.7 Å². The molecule has 0 atom stereocenters. The molecule has 0 radical (unpaired) electrons. The summed E-state index contributed by atoms with van der Waals surface area (Å²) in [6, 6.07) is 3.68. The Hall–Kier alpha value is -2.67. The summed E-state index contributed by atoms with van der Waals surface area (Å²) in [7, 11) is 0. The summed E-state index contributed by atoms with van der Waals surface area (Å²) < 4.78 is 24.7. The topological polar surface area (TPSA) is 115 Å². The molecular formula is C23H27FLiN4O5-. The maximum Gasteiger partial charge on any atom is 1.00 e. The predicted molar refractivity (Wildman–Crippen MR) is 117 cm³/mol. The first-order valence-electron chi connectivity index (χ1n) is 10.6. The maximum atomic E-state index is 13.4. The quantitative estimate of drug-likeness (QED) is 0.475. The number of rotatable bonds is 4. The molecule has 2 aliphatic rings. The van der Waals surface area contributed by atoms with Gasteiger partial charge in [-0.3, -0.25) is 0 Å². The van der Waals surface area contributed by atoms with Crippen LogP contribution in [0.4, 0.5) is 15.0 Å². The number of aromatic nitrogens is 2. The Labute approximate surface area is 210 Å². The molecule has 0 aliphatic carbocycles. The number of carbonyl (C=O) groups is 1. The molecule has 4 rings (SSSR count). The molecule has 0 unspecified atom stereocenters. The van der Waals surface area contributed by atoms with Gasteiger partial charge in [0.2, 0.25) is 0 Å². The largest absolute Gasteiger partial charge is 1.00 e. The first-order chi connectivity index (χ1) is 15.2. The van der Waals surface area contributed by atoms with Gasteiger partial charge in [0.05, 0.1) is 18.3 Å². The molecule has 9 nitrogen and oxygen atoms in total. The fourth-order valence-electron chi connectivity index (χ4n) is 4.13. The van der Waals surface area contributed by atoms with E-state index in [9.17, 15) is 14.0 Å². The van der Waals surface area contributed by atoms with E-state index in [-0.39, 0.29) is 47.2 Å². The average molecular weight is 465 g/mol. The van der Waals surface area contributed by atoms with Crippen molar-refractivity contribution in [1.29, 1.82) is 0 Å². The van der Waals surface area contributed by atoms with Crippen molar-refractivity contribution in [2.24, 2.45) is 5.41 Å². The number of anilines is 1. The van der Waals surface area contributed by atoms with E-state index in [0.717, 1.165) is 32.0 Å². The standard InChI is InChI=1S/C23H26FN4O4.Li.H2O/c1-22(2,3)32-21(30)27-8-6-23(7-9-27)13-28(14-23)20-19(11-25-15-26-20)31-18-5-4-17(24)10-16(18)12-29;;/h4-5,10-11,15H,6-9,13-14H2,1-3H3;;1H2/q-1;+1;/p-1. The zero-order valence-electron chi connectivity index (χ0n) is 19.9. The summed E-state index contributed by atoms with van der Waals surface area (Å²) in [6.07, 6.45) is 6.16. The van der Waals surface area contributed by atoms with Crippen LogP contribution in [0.15, 0.2) is 30.7 Å². The molecule has 2 aliphatic heterocycles. The summed E-state index contributed by atoms with van der Waals surface area (Å²) in [5, 5.41) is 0. The molecule has 178 valence electrons. The summed E-state index contributed by atoms with van der Waals surface area (Å²) in [5.41, 5.74) is -0.401. The predicted octanol–water partition coefficient (Wildman–Crippen LogP) is 0.530. The molecule has 0 bridgehead atoms. The molecule has 0 saturated carbocycles. The number of likely N-dealkylation sites (tertiary alicyclic amines) is 1. The van der Waals surface area contributed by atoms with Gasteiger partial charge in [0.25, 0.3) is 0 Å². The van der Waals surface area contributed by atoms with Gasteiger partial charge < -0.3 is 29.5 Å². The van der Waals surface area contributed by atoms with Gasteiger partial charge in [-0.1, -0.05) is 6.07 Å². The van der Waals surface area contributed by atoms with Crippen molar-refractivity contribution >= 4 is 18.2 Å². The van der Waals surface area contributed by atoms with E-state index >= 15 is 0 Å². The molecule has 2 saturated heterocycles. The molecule has 1 spiro atoms. The maximum absolute atomic E-state index is 13.4. The van der Waals surface area contributed by atoms with Crippen molar-refractivity contribution in [3.8, 4) is 11.5 Å². The summed E-state index contributed by atoms with van der Waals surface area (Å²) in [4.78, 5) is 35.7. The van der Waals surface area contributed by atoms with Crippen molar-refractivity contribution in [3.63, 3.8) is 0 Å². The van der Waals surface area contributed by atoms with Gasteiger partial charge in [0, 0.05) is 37.3 Å². The smallest absolute Gasteiger partial charge is 0.870 e. The number of nitrogens with zero attached hydrogens (tertiary/aromatic N) is 4. The van der Waals surface area contributed by atoms with E-state index in [4.69, 9.17) is 9.47 Å². The monoisotopic (exact) mass is 465 g/mol. The van der Waals surface area contributed by atoms with Gasteiger partial charge in [-0.25, -0.2) is 19.2 Å². The van der Waals surface area contributed by atoms with Crippen molar-refractivity contribution in [3.05, 3.63) is 42.1 Å². The molecule has 1 N–H and O–H groups in total. The number of halogens is 1. The van der Waals surface area contributed by atoms with Crippen LogP contribution in [-0.2, 0) is 9.53 Å². The summed E-state index contributed by atoms with van der Waals surface area (Å²) >= 11 is 0. The first-order valence-corrected chi connectivity index (χ1v) is 10.6. The molecule has 2 fully saturated rings. The number of ether oxygens (including phenoxy) is 2. The third-order valence-corrected chi connectivity index (χ3v) is 5.76. The van der Waals surface area contributed by atoms with Crippen LogP contribution in [0.5, 0.6) is 11.5 Å². The number of amides is 1. The van der Waals surface area contributed by atoms with E-state index in [0.29, 0.717) is 24.7 Å². The van der Waals surface area contributed by atoms with Crippen molar-refractivity contribution in [2.75, 3.05) is 31.1 Å². The van der Waals surface area contributed by atoms with E-state index < -0.39 is 11.4 Å². The zero-order valence-corrected chi connectivity index (χ0v) is 19.9. The van der Waals surface area contributed by atoms with E-state index in [1.807, 2.05) is 20.8 Å². The molecule has 1 aromatic carbocycles. The second kappa shape index (κ2) is 10.7. The van der Waals surface area contributed by atoms with Crippen molar-refractivity contribution in [1.82, 2.24) is 14.9 Å². The fraction of sp³-hybridized carbons (Fsp3) is 0.478. The third-order valence-electron chi connectivity index (χ3n) is 5.76. The van der Waals surface area contributed by atoms with Crippen LogP contribution in [0, 0.1) is 11.2 Å². The van der Waals surface area contributed by atoms with Gasteiger partial charge in [0.15, 0.2) is 11.6 Å². The van der Waals surface area contributed by atoms with Crippen molar-refractivity contribution < 1.29 is 47.8 Å². The molecular weight excluding hydrogens is 438 g/mol. The van der Waals surface area contributed by atoms with Crippen LogP contribution in [0.25, 0.3) is 0 Å². The second-order valence-corrected chi connectivity index (χ2v) is 9.38. The molecule has 11 heteroatoms. The molecule has 3 heterocycles. The SMILES string of the molecule is CC(C)(C)OC(=O)N1CCC2(CC1)CN(c1ncncc1Oc1ccc(F)cc1[C-]=O)C2.[Li+].[OH-]. The minimum absolute atomic E-state index is 0. The fourth-order valence-corrected chi connectivity index (χ4v) is 4.13. The number of benzene rings is 1. The van der Waals surface area contributed by atoms with Gasteiger partial charge >= 0.3 is 25.0 Å². The molecule has 2 aromatic rings. The number of hydrogen-bond donors (Lipinski definition) is 0. The third kappa shape index (κ3) is 6.06. The summed E-state index contributed by atoms with van der Waals surface area (Å²) in [6.45, 7) is 8.46. The Bertz CT molecular complexity index is 1020. The number of piperidine rings is 1. The van der Waals surface area contributed by atoms with Gasteiger partial charge in [-0.15, -0.1) is 11.6 Å². The zero-order chi connectivity index (χ0) is 22.9. The minimum Gasteiger partial charge on any atom is -0.870 e. The van der Waals surface area contributed by atoms with Crippen LogP contribution < -0.4 is 28.5 Å². The minimum atomic E-state index is -0.539. The van der Waals surface area contributed by atoms with Crippen LogP contribution in [0.1, 0.15) is 39.2 Å². The Morgan fingerprint density at radius 1 is 1.18 bits per heavy atom. The van der Waals surface area contributed by atoms with Crippen LogP contribution in [-0.4, -0.2) is 64.5 Å². The molecule has 1 amide bonds. The second-order valence-electron chi connectivity index (χ2n) is 9.38. The average Bonchev–Trinajstić information content (AvgIpc) is 2.72. The Morgan fingerprint density at radius 3 is 2.47 bits per heavy atom. The normalized spacial score (nSPS) is 16.6. The van der Waals surface area contributed by atoms with Gasteiger partial charge in [-0.2, -0.15) is 0 Å². The number of carbonyl (C=O) groups excluding carboxylic acids is 2. The van der Waals surface area contributed by atoms with Crippen LogP contribution in [0.2, 0.25) is 0 Å². The van der Waals surface area contributed by atoms with Gasteiger partial charge in [-0.05, 0) is 39.7 Å². The number of hydrogen-bond acceptors (Lipinski definition) is 8. The van der Waals surface area contributed by atoms with E-state index in [2.05, 4.69) is 14.9 Å². The Morgan fingerprint density at radius 2 is 1.85 bits per heavy atom. The van der Waals surface area contributed by atoms with Crippen LogP contribution >= 0.6 is 0 Å². The Balaban J connectivity index is 0.00000204.